The summed E-state index contributed by atoms with van der Waals surface area (Å²) in [6.07, 6.45) is 2.73. The third kappa shape index (κ3) is 4.76. The predicted molar refractivity (Wildman–Crippen MR) is 107 cm³/mol. The fourth-order valence-corrected chi connectivity index (χ4v) is 3.19. The van der Waals surface area contributed by atoms with Crippen molar-refractivity contribution in [2.24, 2.45) is 0 Å². The van der Waals surface area contributed by atoms with Crippen molar-refractivity contribution in [3.8, 4) is 5.75 Å². The number of hydrogen-bond acceptors (Lipinski definition) is 4. The number of fused-ring (bicyclic) bond motifs is 1. The average Bonchev–Trinajstić information content (AvgIpc) is 3.14. The van der Waals surface area contributed by atoms with Gasteiger partial charge in [-0.05, 0) is 54.3 Å². The number of nitrogens with zero attached hydrogens (tertiary/aromatic N) is 1. The molecule has 0 spiro atoms. The van der Waals surface area contributed by atoms with Crippen LogP contribution in [0.25, 0.3) is 0 Å². The zero-order valence-corrected chi connectivity index (χ0v) is 15.9. The second-order valence-electron chi connectivity index (χ2n) is 6.70. The molecule has 0 bridgehead atoms. The topological polar surface area (TPSA) is 75.7 Å². The van der Waals surface area contributed by atoms with Crippen LogP contribution in [-0.2, 0) is 22.4 Å². The monoisotopic (exact) mass is 380 g/mol. The molecule has 3 rings (SSSR count). The number of anilines is 1. The molecule has 0 unspecified atom stereocenters. The molecule has 28 heavy (non-hydrogen) atoms. The van der Waals surface area contributed by atoms with Gasteiger partial charge in [0.15, 0.2) is 12.4 Å². The minimum Gasteiger partial charge on any atom is -0.484 e. The fraction of sp³-hybridized carbons (Fsp3) is 0.318. The van der Waals surface area contributed by atoms with Crippen LogP contribution in [0.5, 0.6) is 5.75 Å². The number of carbonyl (C=O) groups excluding carboxylic acids is 3. The fourth-order valence-electron chi connectivity index (χ4n) is 3.19. The molecule has 1 heterocycles. The molecule has 6 nitrogen and oxygen atoms in total. The standard InChI is InChI=1S/C22H24N2O4/c1-2-16-3-6-19(7-4-16)28-14-22(27)23-11-9-21(26)18-5-8-20-17(13-18)10-12-24(20)15-25/h3-8,13,15H,2,9-12,14H2,1H3,(H,23,27). The van der Waals surface area contributed by atoms with Crippen LogP contribution >= 0.6 is 0 Å². The number of nitrogens with one attached hydrogen (secondary N) is 1. The number of aryl methyl sites for hydroxylation is 1. The Morgan fingerprint density at radius 2 is 1.96 bits per heavy atom. The number of amides is 2. The van der Waals surface area contributed by atoms with Crippen molar-refractivity contribution in [3.63, 3.8) is 0 Å². The van der Waals surface area contributed by atoms with Crippen molar-refractivity contribution < 1.29 is 19.1 Å². The summed E-state index contributed by atoms with van der Waals surface area (Å²) in [5.74, 6) is 0.345. The Bertz CT molecular complexity index is 861. The van der Waals surface area contributed by atoms with Crippen LogP contribution in [-0.4, -0.2) is 37.8 Å². The number of hydrogen-bond donors (Lipinski definition) is 1. The summed E-state index contributed by atoms with van der Waals surface area (Å²) in [6, 6.07) is 13.0. The molecular formula is C22H24N2O4. The summed E-state index contributed by atoms with van der Waals surface area (Å²) in [5.41, 5.74) is 3.68. The highest BCUT2D eigenvalue weighted by Gasteiger charge is 2.19. The number of carbonyl (C=O) groups is 3. The summed E-state index contributed by atoms with van der Waals surface area (Å²) >= 11 is 0. The van der Waals surface area contributed by atoms with Crippen molar-refractivity contribution in [1.29, 1.82) is 0 Å². The van der Waals surface area contributed by atoms with E-state index in [1.54, 1.807) is 17.0 Å². The van der Waals surface area contributed by atoms with E-state index in [0.717, 1.165) is 30.5 Å². The first-order valence-electron chi connectivity index (χ1n) is 9.47. The van der Waals surface area contributed by atoms with Crippen molar-refractivity contribution in [2.45, 2.75) is 26.2 Å². The zero-order valence-electron chi connectivity index (χ0n) is 15.9. The average molecular weight is 380 g/mol. The molecule has 0 atom stereocenters. The molecule has 0 aliphatic carbocycles. The normalized spacial score (nSPS) is 12.4. The number of ketones is 1. The number of ether oxygens (including phenoxy) is 1. The molecule has 1 aliphatic heterocycles. The number of Topliss-reactive ketones (excluding diaryl/α,β-unsaturated/α-hetero) is 1. The van der Waals surface area contributed by atoms with Gasteiger partial charge in [-0.1, -0.05) is 19.1 Å². The highest BCUT2D eigenvalue weighted by Crippen LogP contribution is 2.27. The summed E-state index contributed by atoms with van der Waals surface area (Å²) in [7, 11) is 0. The predicted octanol–water partition coefficient (Wildman–Crippen LogP) is 2.54. The zero-order chi connectivity index (χ0) is 19.9. The van der Waals surface area contributed by atoms with Crippen LogP contribution in [0.2, 0.25) is 0 Å². The van der Waals surface area contributed by atoms with Gasteiger partial charge >= 0.3 is 0 Å². The molecule has 0 fully saturated rings. The molecule has 1 aliphatic rings. The third-order valence-electron chi connectivity index (χ3n) is 4.84. The van der Waals surface area contributed by atoms with Crippen LogP contribution in [0.15, 0.2) is 42.5 Å². The number of benzene rings is 2. The van der Waals surface area contributed by atoms with E-state index < -0.39 is 0 Å². The first kappa shape index (κ1) is 19.6. The Morgan fingerprint density at radius 1 is 1.18 bits per heavy atom. The Balaban J connectivity index is 1.42. The maximum atomic E-state index is 12.4. The van der Waals surface area contributed by atoms with Gasteiger partial charge in [0.05, 0.1) is 0 Å². The molecular weight excluding hydrogens is 356 g/mol. The summed E-state index contributed by atoms with van der Waals surface area (Å²) < 4.78 is 5.45. The van der Waals surface area contributed by atoms with Gasteiger partial charge < -0.3 is 15.0 Å². The van der Waals surface area contributed by atoms with Gasteiger partial charge in [-0.25, -0.2) is 0 Å². The van der Waals surface area contributed by atoms with E-state index in [4.69, 9.17) is 4.74 Å². The second-order valence-corrected chi connectivity index (χ2v) is 6.70. The van der Waals surface area contributed by atoms with Gasteiger partial charge in [0.1, 0.15) is 5.75 Å². The highest BCUT2D eigenvalue weighted by molar-refractivity contribution is 5.97. The van der Waals surface area contributed by atoms with Gasteiger partial charge in [-0.3, -0.25) is 14.4 Å². The highest BCUT2D eigenvalue weighted by atomic mass is 16.5. The Morgan fingerprint density at radius 3 is 2.68 bits per heavy atom. The van der Waals surface area contributed by atoms with E-state index in [9.17, 15) is 14.4 Å². The second kappa shape index (κ2) is 9.17. The summed E-state index contributed by atoms with van der Waals surface area (Å²) in [6.45, 7) is 2.90. The van der Waals surface area contributed by atoms with E-state index >= 15 is 0 Å². The first-order chi connectivity index (χ1) is 13.6. The van der Waals surface area contributed by atoms with Crippen molar-refractivity contribution >= 4 is 23.8 Å². The minimum atomic E-state index is -0.261. The molecule has 0 saturated heterocycles. The van der Waals surface area contributed by atoms with E-state index in [0.29, 0.717) is 17.9 Å². The van der Waals surface area contributed by atoms with Gasteiger partial charge in [-0.15, -0.1) is 0 Å². The van der Waals surface area contributed by atoms with Crippen molar-refractivity contribution in [2.75, 3.05) is 24.6 Å². The van der Waals surface area contributed by atoms with Gasteiger partial charge in [0.2, 0.25) is 6.41 Å². The Kier molecular flexibility index (Phi) is 6.42. The lowest BCUT2D eigenvalue weighted by atomic mass is 10.0. The van der Waals surface area contributed by atoms with E-state index in [2.05, 4.69) is 12.2 Å². The van der Waals surface area contributed by atoms with Gasteiger partial charge in [-0.2, -0.15) is 0 Å². The molecule has 0 aromatic heterocycles. The van der Waals surface area contributed by atoms with Crippen LogP contribution in [0, 0.1) is 0 Å². The van der Waals surface area contributed by atoms with Crippen molar-refractivity contribution in [3.05, 3.63) is 59.2 Å². The molecule has 6 heteroatoms. The minimum absolute atomic E-state index is 0.0382. The number of rotatable bonds is 9. The SMILES string of the molecule is CCc1ccc(OCC(=O)NCCC(=O)c2ccc3c(c2)CCN3C=O)cc1. The van der Waals surface area contributed by atoms with E-state index in [1.807, 2.05) is 30.3 Å². The third-order valence-corrected chi connectivity index (χ3v) is 4.84. The van der Waals surface area contributed by atoms with Gasteiger partial charge in [0, 0.05) is 30.8 Å². The molecule has 0 saturated carbocycles. The molecule has 146 valence electrons. The van der Waals surface area contributed by atoms with Crippen molar-refractivity contribution in [1.82, 2.24) is 5.32 Å². The molecule has 2 amide bonds. The maximum absolute atomic E-state index is 12.4. The molecule has 2 aromatic rings. The largest absolute Gasteiger partial charge is 0.484 e. The summed E-state index contributed by atoms with van der Waals surface area (Å²) in [4.78, 5) is 36.9. The lowest BCUT2D eigenvalue weighted by Crippen LogP contribution is -2.30. The Labute approximate surface area is 164 Å². The molecule has 1 N–H and O–H groups in total. The molecule has 0 radical (unpaired) electrons. The smallest absolute Gasteiger partial charge is 0.257 e. The Hall–Kier alpha value is -3.15. The van der Waals surface area contributed by atoms with Crippen LogP contribution in [0.1, 0.15) is 34.8 Å². The van der Waals surface area contributed by atoms with Crippen LogP contribution in [0.4, 0.5) is 5.69 Å². The maximum Gasteiger partial charge on any atom is 0.257 e. The lowest BCUT2D eigenvalue weighted by Gasteiger charge is -2.10. The summed E-state index contributed by atoms with van der Waals surface area (Å²) in [5, 5.41) is 2.71. The molecule has 2 aromatic carbocycles. The van der Waals surface area contributed by atoms with Gasteiger partial charge in [0.25, 0.3) is 5.91 Å². The van der Waals surface area contributed by atoms with Crippen LogP contribution in [0.3, 0.4) is 0 Å². The quantitative estimate of drug-likeness (QED) is 0.536. The first-order valence-corrected chi connectivity index (χ1v) is 9.47. The van der Waals surface area contributed by atoms with E-state index in [1.165, 1.54) is 5.56 Å². The van der Waals surface area contributed by atoms with E-state index in [-0.39, 0.29) is 31.3 Å². The lowest BCUT2D eigenvalue weighted by molar-refractivity contribution is -0.123. The van der Waals surface area contributed by atoms with Crippen LogP contribution < -0.4 is 15.0 Å².